The van der Waals surface area contributed by atoms with Gasteiger partial charge in [-0.2, -0.15) is 0 Å². The molecular weight excluding hydrogens is 1060 g/mol. The summed E-state index contributed by atoms with van der Waals surface area (Å²) < 4.78 is 17.6. The van der Waals surface area contributed by atoms with Crippen molar-refractivity contribution in [1.82, 2.24) is 5.32 Å². The first-order valence-corrected chi connectivity index (χ1v) is 34.3. The van der Waals surface area contributed by atoms with Crippen LogP contribution in [-0.4, -0.2) is 99.6 Å². The summed E-state index contributed by atoms with van der Waals surface area (Å²) in [5.74, 6) is -1.24. The molecule has 0 radical (unpaired) electrons. The average Bonchev–Trinajstić information content (AvgIpc) is 2.92. The van der Waals surface area contributed by atoms with Gasteiger partial charge in [-0.25, -0.2) is 0 Å². The number of rotatable bonds is 57. The van der Waals surface area contributed by atoms with E-state index in [1.807, 2.05) is 6.08 Å². The van der Waals surface area contributed by atoms with Crippen LogP contribution in [0.4, 0.5) is 0 Å². The molecule has 1 rings (SSSR count). The second-order valence-corrected chi connectivity index (χ2v) is 23.2. The lowest BCUT2D eigenvalue weighted by Gasteiger charge is -2.41. The molecule has 8 atom stereocenters. The molecule has 1 aliphatic rings. The third-order valence-corrected chi connectivity index (χ3v) is 15.3. The minimum atomic E-state index is -1.63. The minimum Gasteiger partial charge on any atom is -0.454 e. The van der Waals surface area contributed by atoms with Gasteiger partial charge in [0.05, 0.1) is 25.4 Å². The van der Waals surface area contributed by atoms with Gasteiger partial charge >= 0.3 is 5.97 Å². The Bertz CT molecular complexity index is 1850. The summed E-state index contributed by atoms with van der Waals surface area (Å²) in [5, 5.41) is 57.1. The van der Waals surface area contributed by atoms with Gasteiger partial charge in [0.2, 0.25) is 5.91 Å². The first kappa shape index (κ1) is 79.1. The number of aliphatic hydroxyl groups excluding tert-OH is 5. The highest BCUT2D eigenvalue weighted by Crippen LogP contribution is 2.26. The van der Waals surface area contributed by atoms with Crippen LogP contribution in [-0.2, 0) is 23.8 Å². The molecule has 6 N–H and O–H groups in total. The van der Waals surface area contributed by atoms with Crippen LogP contribution >= 0.6 is 0 Å². The standard InChI is InChI=1S/C74H125NO10/c1-4-7-10-13-16-19-22-24-26-28-30-31-32-33-34-35-36-37-38-40-42-44-47-50-53-56-59-62-69(79)85-72-71(81)70(80)68(63-76)84-74(72)83-64-65(66(77)60-57-54-51-48-45-21-18-15-12-9-6-3)75-73(82)67(78)61-58-55-52-49-46-43-41-39-29-27-25-23-20-17-14-11-8-5-2/h7,10,16-17,19-20,24-27,30-31,33-34,39,41,46,49,57,60,65-68,70-72,74,76-78,80-81H,4-6,8-9,11-15,18,21-23,28-29,32,35-38,40,42-45,47-48,50-56,58-59,61-64H2,1-3H3,(H,75,82)/b10-7-,19-16-,20-17-,26-24-,27-25-,31-30-,34-33-,41-39-,49-46-,60-57+. The van der Waals surface area contributed by atoms with Crippen LogP contribution in [0.3, 0.4) is 0 Å². The molecule has 0 spiro atoms. The van der Waals surface area contributed by atoms with Gasteiger partial charge in [-0.15, -0.1) is 0 Å². The van der Waals surface area contributed by atoms with Crippen molar-refractivity contribution in [2.24, 2.45) is 0 Å². The van der Waals surface area contributed by atoms with Crippen molar-refractivity contribution >= 4 is 11.9 Å². The summed E-state index contributed by atoms with van der Waals surface area (Å²) in [7, 11) is 0. The van der Waals surface area contributed by atoms with Gasteiger partial charge in [0.25, 0.3) is 0 Å². The van der Waals surface area contributed by atoms with Crippen molar-refractivity contribution in [1.29, 1.82) is 0 Å². The van der Waals surface area contributed by atoms with Gasteiger partial charge in [-0.1, -0.05) is 271 Å². The largest absolute Gasteiger partial charge is 0.454 e. The molecule has 1 aliphatic heterocycles. The predicted molar refractivity (Wildman–Crippen MR) is 356 cm³/mol. The van der Waals surface area contributed by atoms with E-state index in [9.17, 15) is 35.1 Å². The molecule has 0 aromatic rings. The van der Waals surface area contributed by atoms with E-state index < -0.39 is 67.4 Å². The molecule has 8 unspecified atom stereocenters. The summed E-state index contributed by atoms with van der Waals surface area (Å²) in [4.78, 5) is 26.6. The van der Waals surface area contributed by atoms with Crippen LogP contribution in [0.15, 0.2) is 122 Å². The third kappa shape index (κ3) is 47.8. The van der Waals surface area contributed by atoms with E-state index in [1.54, 1.807) is 6.08 Å². The molecule has 1 saturated heterocycles. The Morgan fingerprint density at radius 1 is 0.471 bits per heavy atom. The second kappa shape index (κ2) is 60.3. The number of carbonyl (C=O) groups is 2. The SMILES string of the molecule is CC/C=C\C/C=C\C/C=C\C/C=C\C/C=C\CCCCCCCCCCCCCC(=O)OC1C(OCC(NC(=O)C(O)CCCC/C=C\C/C=C\C/C=C\C/C=C\CCCCC)C(O)/C=C/CCCCCCCCCCC)OC(CO)C(O)C1O. The van der Waals surface area contributed by atoms with Crippen molar-refractivity contribution in [3.8, 4) is 0 Å². The number of ether oxygens (including phenoxy) is 3. The fourth-order valence-electron chi connectivity index (χ4n) is 9.96. The zero-order valence-corrected chi connectivity index (χ0v) is 53.9. The first-order valence-electron chi connectivity index (χ1n) is 34.3. The number of nitrogens with one attached hydrogen (secondary N) is 1. The fraction of sp³-hybridized carbons (Fsp3) is 0.703. The van der Waals surface area contributed by atoms with Gasteiger partial charge in [-0.3, -0.25) is 9.59 Å². The van der Waals surface area contributed by atoms with Gasteiger partial charge in [-0.05, 0) is 116 Å². The molecule has 85 heavy (non-hydrogen) atoms. The van der Waals surface area contributed by atoms with Crippen LogP contribution < -0.4 is 5.32 Å². The highest BCUT2D eigenvalue weighted by atomic mass is 16.7. The lowest BCUT2D eigenvalue weighted by atomic mass is 9.99. The van der Waals surface area contributed by atoms with Gasteiger partial charge in [0.15, 0.2) is 12.4 Å². The van der Waals surface area contributed by atoms with Gasteiger partial charge in [0.1, 0.15) is 24.4 Å². The maximum absolute atomic E-state index is 13.4. The fourth-order valence-corrected chi connectivity index (χ4v) is 9.96. The van der Waals surface area contributed by atoms with Crippen LogP contribution in [0.5, 0.6) is 0 Å². The topological polar surface area (TPSA) is 175 Å². The van der Waals surface area contributed by atoms with E-state index in [1.165, 1.54) is 96.3 Å². The molecular formula is C74H125NO10. The monoisotopic (exact) mass is 1190 g/mol. The average molecular weight is 1190 g/mol. The number of hydrogen-bond acceptors (Lipinski definition) is 10. The van der Waals surface area contributed by atoms with E-state index in [-0.39, 0.29) is 19.4 Å². The Labute approximate surface area is 519 Å². The molecule has 11 heteroatoms. The van der Waals surface area contributed by atoms with Crippen molar-refractivity contribution < 1.29 is 49.3 Å². The molecule has 486 valence electrons. The van der Waals surface area contributed by atoms with Crippen LogP contribution in [0.2, 0.25) is 0 Å². The molecule has 0 aliphatic carbocycles. The summed E-state index contributed by atoms with van der Waals surface area (Å²) in [5.41, 5.74) is 0. The number of hydrogen-bond donors (Lipinski definition) is 6. The normalized spacial score (nSPS) is 19.2. The summed E-state index contributed by atoms with van der Waals surface area (Å²) >= 11 is 0. The number of allylic oxidation sites excluding steroid dienone is 19. The van der Waals surface area contributed by atoms with Crippen molar-refractivity contribution in [3.05, 3.63) is 122 Å². The van der Waals surface area contributed by atoms with Crippen LogP contribution in [0.25, 0.3) is 0 Å². The van der Waals surface area contributed by atoms with E-state index in [2.05, 4.69) is 135 Å². The zero-order valence-electron chi connectivity index (χ0n) is 53.9. The van der Waals surface area contributed by atoms with Crippen LogP contribution in [0.1, 0.15) is 271 Å². The lowest BCUT2D eigenvalue weighted by Crippen LogP contribution is -2.61. The highest BCUT2D eigenvalue weighted by molar-refractivity contribution is 5.80. The third-order valence-electron chi connectivity index (χ3n) is 15.3. The van der Waals surface area contributed by atoms with Crippen molar-refractivity contribution in [2.75, 3.05) is 13.2 Å². The Morgan fingerprint density at radius 2 is 0.847 bits per heavy atom. The smallest absolute Gasteiger partial charge is 0.306 e. The second-order valence-electron chi connectivity index (χ2n) is 23.2. The predicted octanol–water partition coefficient (Wildman–Crippen LogP) is 17.4. The van der Waals surface area contributed by atoms with Crippen molar-refractivity contribution in [3.63, 3.8) is 0 Å². The molecule has 0 aromatic carbocycles. The Balaban J connectivity index is 2.59. The van der Waals surface area contributed by atoms with Gasteiger partial charge < -0.3 is 45.1 Å². The molecule has 0 bridgehead atoms. The highest BCUT2D eigenvalue weighted by Gasteiger charge is 2.47. The van der Waals surface area contributed by atoms with E-state index >= 15 is 0 Å². The number of amides is 1. The molecule has 1 heterocycles. The molecule has 0 saturated carbocycles. The lowest BCUT2D eigenvalue weighted by molar-refractivity contribution is -0.305. The number of aliphatic hydroxyl groups is 5. The molecule has 1 amide bonds. The molecule has 0 aromatic heterocycles. The minimum absolute atomic E-state index is 0.109. The first-order chi connectivity index (χ1) is 41.7. The summed E-state index contributed by atoms with van der Waals surface area (Å²) in [6.45, 7) is 5.62. The zero-order chi connectivity index (χ0) is 61.7. The number of esters is 1. The Kier molecular flexibility index (Phi) is 56.1. The van der Waals surface area contributed by atoms with E-state index in [0.717, 1.165) is 128 Å². The summed E-state index contributed by atoms with van der Waals surface area (Å²) in [6, 6.07) is -1.05. The Morgan fingerprint density at radius 3 is 1.29 bits per heavy atom. The van der Waals surface area contributed by atoms with E-state index in [0.29, 0.717) is 12.8 Å². The van der Waals surface area contributed by atoms with Crippen molar-refractivity contribution in [2.45, 2.75) is 320 Å². The Hall–Kier alpha value is -3.94. The quantitative estimate of drug-likeness (QED) is 0.0195. The van der Waals surface area contributed by atoms with Crippen LogP contribution in [0, 0.1) is 0 Å². The number of carbonyl (C=O) groups excluding carboxylic acids is 2. The number of unbranched alkanes of at least 4 members (excludes halogenated alkanes) is 25. The van der Waals surface area contributed by atoms with E-state index in [4.69, 9.17) is 14.2 Å². The summed E-state index contributed by atoms with van der Waals surface area (Å²) in [6.07, 6.45) is 73.8. The maximum Gasteiger partial charge on any atom is 0.306 e. The molecule has 1 fully saturated rings. The molecule has 11 nitrogen and oxygen atoms in total. The maximum atomic E-state index is 13.4. The van der Waals surface area contributed by atoms with Gasteiger partial charge in [0, 0.05) is 6.42 Å².